The lowest BCUT2D eigenvalue weighted by Gasteiger charge is -2.13. The maximum atomic E-state index is 7.16. The second-order valence-corrected chi connectivity index (χ2v) is 18.0. The van der Waals surface area contributed by atoms with Crippen molar-refractivity contribution >= 4 is 98.0 Å². The van der Waals surface area contributed by atoms with E-state index >= 15 is 0 Å². The maximum absolute atomic E-state index is 7.16. The SMILES string of the molecule is c1ccc(-c2cccc(-c3nc(-c4ccc5oc6ccccc6c5c4)nc(-c4cc(-n5c6cc7ccccc7cc6c6cc7ccccc7cc65)cc5c4oc4c6ccccc6ccc54)n3)c2)cc1. The highest BCUT2D eigenvalue weighted by Crippen LogP contribution is 2.44. The number of rotatable bonds is 5. The molecule has 0 radical (unpaired) electrons. The summed E-state index contributed by atoms with van der Waals surface area (Å²) in [5.41, 5.74) is 11.0. The number of nitrogens with zero attached hydrogens (tertiary/aromatic N) is 4. The van der Waals surface area contributed by atoms with Gasteiger partial charge in [0.1, 0.15) is 22.3 Å². The predicted octanol–water partition coefficient (Wildman–Crippen LogP) is 16.9. The van der Waals surface area contributed by atoms with E-state index in [1.54, 1.807) is 0 Å². The van der Waals surface area contributed by atoms with E-state index in [0.717, 1.165) is 93.6 Å². The van der Waals surface area contributed by atoms with Gasteiger partial charge in [-0.15, -0.1) is 0 Å². The number of fused-ring (bicyclic) bond motifs is 13. The van der Waals surface area contributed by atoms with E-state index in [-0.39, 0.29) is 0 Å². The molecule has 6 nitrogen and oxygen atoms in total. The zero-order valence-corrected chi connectivity index (χ0v) is 36.9. The van der Waals surface area contributed by atoms with Crippen LogP contribution in [0.1, 0.15) is 0 Å². The molecule has 0 amide bonds. The van der Waals surface area contributed by atoms with Crippen LogP contribution in [0.2, 0.25) is 0 Å². The summed E-state index contributed by atoms with van der Waals surface area (Å²) in [5.74, 6) is 1.60. The molecule has 15 aromatic rings. The lowest BCUT2D eigenvalue weighted by atomic mass is 10.0. The standard InChI is InChI=1S/C63H36N4O2/c1-2-13-37(14-3-1)39-20-12-21-44(29-39)61-64-62(45-26-28-58-52(32-45)48-23-10-11-24-57(48)68-58)66-63(65-61)54-36-46(35-53-49-27-25-38-15-8-9-22-47(38)59(49)69-60(53)54)67-55-33-42-18-6-4-16-40(42)30-50(55)51-31-41-17-5-7-19-43(41)34-56(51)67/h1-36H. The van der Waals surface area contributed by atoms with Crippen molar-refractivity contribution in [2.24, 2.45) is 0 Å². The van der Waals surface area contributed by atoms with Gasteiger partial charge in [0.25, 0.3) is 0 Å². The van der Waals surface area contributed by atoms with Gasteiger partial charge >= 0.3 is 0 Å². The van der Waals surface area contributed by atoms with Crippen molar-refractivity contribution < 1.29 is 8.83 Å². The lowest BCUT2D eigenvalue weighted by molar-refractivity contribution is 0.669. The summed E-state index contributed by atoms with van der Waals surface area (Å²) >= 11 is 0. The largest absolute Gasteiger partial charge is 0.456 e. The van der Waals surface area contributed by atoms with E-state index in [4.69, 9.17) is 23.8 Å². The zero-order chi connectivity index (χ0) is 45.2. The van der Waals surface area contributed by atoms with Crippen molar-refractivity contribution in [3.63, 3.8) is 0 Å². The second-order valence-electron chi connectivity index (χ2n) is 18.0. The summed E-state index contributed by atoms with van der Waals surface area (Å²) in [6.45, 7) is 0. The van der Waals surface area contributed by atoms with E-state index < -0.39 is 0 Å². The van der Waals surface area contributed by atoms with E-state index in [0.29, 0.717) is 23.1 Å². The monoisotopic (exact) mass is 880 g/mol. The number of hydrogen-bond donors (Lipinski definition) is 0. The summed E-state index contributed by atoms with van der Waals surface area (Å²) in [7, 11) is 0. The minimum atomic E-state index is 0.504. The molecule has 15 rings (SSSR count). The van der Waals surface area contributed by atoms with Crippen molar-refractivity contribution in [3.8, 4) is 51.0 Å². The van der Waals surface area contributed by atoms with Crippen LogP contribution >= 0.6 is 0 Å². The Morgan fingerprint density at radius 3 is 1.61 bits per heavy atom. The van der Waals surface area contributed by atoms with Gasteiger partial charge in [0.2, 0.25) is 0 Å². The smallest absolute Gasteiger partial charge is 0.167 e. The summed E-state index contributed by atoms with van der Waals surface area (Å²) in [6, 6.07) is 77.0. The van der Waals surface area contributed by atoms with Crippen molar-refractivity contribution in [2.45, 2.75) is 0 Å². The van der Waals surface area contributed by atoms with Crippen LogP contribution in [0.15, 0.2) is 227 Å². The second kappa shape index (κ2) is 14.6. The topological polar surface area (TPSA) is 69.9 Å². The van der Waals surface area contributed by atoms with Crippen LogP contribution in [0, 0.1) is 0 Å². The molecule has 0 spiro atoms. The lowest BCUT2D eigenvalue weighted by Crippen LogP contribution is -2.02. The molecule has 6 heteroatoms. The predicted molar refractivity (Wildman–Crippen MR) is 283 cm³/mol. The molecule has 0 unspecified atom stereocenters. The van der Waals surface area contributed by atoms with Crippen LogP contribution in [-0.4, -0.2) is 19.5 Å². The van der Waals surface area contributed by atoms with E-state index in [1.165, 1.54) is 32.3 Å². The van der Waals surface area contributed by atoms with Gasteiger partial charge in [0.15, 0.2) is 17.5 Å². The van der Waals surface area contributed by atoms with Gasteiger partial charge in [-0.3, -0.25) is 0 Å². The molecule has 11 aromatic carbocycles. The molecule has 4 heterocycles. The molecule has 0 atom stereocenters. The summed E-state index contributed by atoms with van der Waals surface area (Å²) < 4.78 is 15.8. The summed E-state index contributed by atoms with van der Waals surface area (Å²) in [6.07, 6.45) is 0. The van der Waals surface area contributed by atoms with Crippen molar-refractivity contribution in [1.82, 2.24) is 19.5 Å². The Kier molecular flexibility index (Phi) is 7.97. The maximum Gasteiger partial charge on any atom is 0.167 e. The quantitative estimate of drug-likeness (QED) is 0.172. The minimum Gasteiger partial charge on any atom is -0.456 e. The Balaban J connectivity index is 1.05. The van der Waals surface area contributed by atoms with Crippen molar-refractivity contribution in [3.05, 3.63) is 218 Å². The molecule has 0 aliphatic carbocycles. The molecule has 0 aliphatic heterocycles. The van der Waals surface area contributed by atoms with Gasteiger partial charge in [-0.05, 0) is 111 Å². The van der Waals surface area contributed by atoms with Gasteiger partial charge in [0.05, 0.1) is 16.6 Å². The molecule has 0 aliphatic rings. The highest BCUT2D eigenvalue weighted by atomic mass is 16.3. The molecule has 320 valence electrons. The zero-order valence-electron chi connectivity index (χ0n) is 36.9. The normalized spacial score (nSPS) is 12.1. The first-order chi connectivity index (χ1) is 34.1. The third-order valence-corrected chi connectivity index (χ3v) is 13.9. The van der Waals surface area contributed by atoms with Crippen LogP contribution in [-0.2, 0) is 0 Å². The van der Waals surface area contributed by atoms with E-state index in [1.807, 2.05) is 36.4 Å². The molecular formula is C63H36N4O2. The van der Waals surface area contributed by atoms with Gasteiger partial charge in [-0.2, -0.15) is 0 Å². The van der Waals surface area contributed by atoms with Gasteiger partial charge < -0.3 is 13.4 Å². The van der Waals surface area contributed by atoms with Gasteiger partial charge in [-0.25, -0.2) is 15.0 Å². The molecule has 0 bridgehead atoms. The average molecular weight is 881 g/mol. The fourth-order valence-corrected chi connectivity index (χ4v) is 10.6. The van der Waals surface area contributed by atoms with Crippen LogP contribution in [0.5, 0.6) is 0 Å². The highest BCUT2D eigenvalue weighted by Gasteiger charge is 2.24. The van der Waals surface area contributed by atoms with E-state index in [2.05, 4.69) is 187 Å². The van der Waals surface area contributed by atoms with Gasteiger partial charge in [-0.1, -0.05) is 146 Å². The summed E-state index contributed by atoms with van der Waals surface area (Å²) in [4.78, 5) is 16.2. The molecule has 0 saturated heterocycles. The average Bonchev–Trinajstić information content (AvgIpc) is 4.08. The number of furan rings is 2. The van der Waals surface area contributed by atoms with Crippen molar-refractivity contribution in [2.75, 3.05) is 0 Å². The Hall–Kier alpha value is -9.39. The van der Waals surface area contributed by atoms with Crippen molar-refractivity contribution in [1.29, 1.82) is 0 Å². The Bertz CT molecular complexity index is 4530. The Labute approximate surface area is 394 Å². The molecular weight excluding hydrogens is 845 g/mol. The van der Waals surface area contributed by atoms with Crippen LogP contribution in [0.3, 0.4) is 0 Å². The van der Waals surface area contributed by atoms with Crippen LogP contribution < -0.4 is 0 Å². The van der Waals surface area contributed by atoms with E-state index in [9.17, 15) is 0 Å². The third-order valence-electron chi connectivity index (χ3n) is 13.9. The molecule has 0 fully saturated rings. The fourth-order valence-electron chi connectivity index (χ4n) is 10.6. The minimum absolute atomic E-state index is 0.504. The third kappa shape index (κ3) is 5.89. The number of para-hydroxylation sites is 1. The van der Waals surface area contributed by atoms with Gasteiger partial charge in [0, 0.05) is 54.5 Å². The first-order valence-electron chi connectivity index (χ1n) is 23.2. The number of benzene rings is 11. The Morgan fingerprint density at radius 1 is 0.290 bits per heavy atom. The van der Waals surface area contributed by atoms with Crippen LogP contribution in [0.4, 0.5) is 0 Å². The Morgan fingerprint density at radius 2 is 0.870 bits per heavy atom. The molecule has 69 heavy (non-hydrogen) atoms. The first-order valence-corrected chi connectivity index (χ1v) is 23.2. The summed E-state index contributed by atoms with van der Waals surface area (Å²) in [5, 5.41) is 13.3. The molecule has 4 aromatic heterocycles. The molecule has 0 N–H and O–H groups in total. The highest BCUT2D eigenvalue weighted by molar-refractivity contribution is 6.20. The van der Waals surface area contributed by atoms with Crippen LogP contribution in [0.25, 0.3) is 149 Å². The first kappa shape index (κ1) is 37.8. The number of hydrogen-bond acceptors (Lipinski definition) is 5. The number of aromatic nitrogens is 4. The fraction of sp³-hybridized carbons (Fsp3) is 0. The molecule has 0 saturated carbocycles.